The van der Waals surface area contributed by atoms with Crippen LogP contribution in [-0.2, 0) is 16.6 Å². The van der Waals surface area contributed by atoms with Crippen LogP contribution in [0.2, 0.25) is 0 Å². The number of rotatable bonds is 4. The van der Waals surface area contributed by atoms with Gasteiger partial charge in [0, 0.05) is 45.2 Å². The topological polar surface area (TPSA) is 76.5 Å². The molecule has 1 aromatic heterocycles. The normalized spacial score (nSPS) is 24.6. The summed E-state index contributed by atoms with van der Waals surface area (Å²) in [5, 5.41) is 3.10. The Kier molecular flexibility index (Phi) is 5.50. The predicted molar refractivity (Wildman–Crippen MR) is 91.1 cm³/mol. The molecule has 0 aliphatic carbocycles. The van der Waals surface area contributed by atoms with E-state index in [0.717, 1.165) is 45.3 Å². The number of carbonyl (C=O) groups is 1. The minimum absolute atomic E-state index is 0.0441. The first-order chi connectivity index (χ1) is 11.6. The van der Waals surface area contributed by atoms with E-state index >= 15 is 0 Å². The molecule has 2 aliphatic rings. The van der Waals surface area contributed by atoms with Gasteiger partial charge in [-0.2, -0.15) is 0 Å². The van der Waals surface area contributed by atoms with Gasteiger partial charge in [-0.3, -0.25) is 9.59 Å². The van der Waals surface area contributed by atoms with Crippen LogP contribution in [-0.4, -0.2) is 47.3 Å². The van der Waals surface area contributed by atoms with Crippen LogP contribution in [0.15, 0.2) is 17.2 Å². The average Bonchev–Trinajstić information content (AvgIpc) is 2.58. The summed E-state index contributed by atoms with van der Waals surface area (Å²) in [6.45, 7) is 2.19. The van der Waals surface area contributed by atoms with E-state index in [9.17, 15) is 9.59 Å². The van der Waals surface area contributed by atoms with Crippen LogP contribution in [0.3, 0.4) is 0 Å². The maximum absolute atomic E-state index is 12.3. The number of carbonyl (C=O) groups excluding carboxylic acids is 1. The monoisotopic (exact) mass is 334 g/mol. The maximum atomic E-state index is 12.3. The molecule has 2 aliphatic heterocycles. The van der Waals surface area contributed by atoms with E-state index in [0.29, 0.717) is 18.8 Å². The molecule has 0 bridgehead atoms. The van der Waals surface area contributed by atoms with E-state index in [-0.39, 0.29) is 23.6 Å². The highest BCUT2D eigenvalue weighted by Crippen LogP contribution is 2.17. The molecule has 0 radical (unpaired) electrons. The van der Waals surface area contributed by atoms with Crippen molar-refractivity contribution >= 4 is 11.7 Å². The number of hydrogen-bond acceptors (Lipinski definition) is 5. The molecule has 2 fully saturated rings. The Labute approximate surface area is 142 Å². The molecule has 7 nitrogen and oxygen atoms in total. The van der Waals surface area contributed by atoms with Crippen LogP contribution >= 0.6 is 0 Å². The maximum Gasteiger partial charge on any atom is 0.293 e. The highest BCUT2D eigenvalue weighted by atomic mass is 16.5. The minimum Gasteiger partial charge on any atom is -0.378 e. The molecule has 0 saturated carbocycles. The third kappa shape index (κ3) is 4.14. The molecule has 2 saturated heterocycles. The van der Waals surface area contributed by atoms with Gasteiger partial charge in [0.25, 0.3) is 5.56 Å². The van der Waals surface area contributed by atoms with Gasteiger partial charge in [-0.15, -0.1) is 0 Å². The van der Waals surface area contributed by atoms with E-state index in [2.05, 4.69) is 10.3 Å². The van der Waals surface area contributed by atoms with Gasteiger partial charge >= 0.3 is 0 Å². The first-order valence-corrected chi connectivity index (χ1v) is 8.81. The summed E-state index contributed by atoms with van der Waals surface area (Å²) in [5.74, 6) is 0.511. The number of nitrogens with one attached hydrogen (secondary N) is 1. The van der Waals surface area contributed by atoms with Crippen LogP contribution in [0.4, 0.5) is 5.82 Å². The summed E-state index contributed by atoms with van der Waals surface area (Å²) in [5.41, 5.74) is -0.0971. The number of aryl methyl sites for hydroxylation is 1. The zero-order chi connectivity index (χ0) is 16.9. The number of anilines is 1. The first kappa shape index (κ1) is 17.0. The summed E-state index contributed by atoms with van der Waals surface area (Å²) in [6, 6.07) is 0.0570. The lowest BCUT2D eigenvalue weighted by molar-refractivity contribution is -0.125. The number of amides is 1. The zero-order valence-electron chi connectivity index (χ0n) is 14.2. The number of hydrogen-bond donors (Lipinski definition) is 1. The lowest BCUT2D eigenvalue weighted by Gasteiger charge is -2.34. The Morgan fingerprint density at radius 2 is 2.25 bits per heavy atom. The van der Waals surface area contributed by atoms with Gasteiger partial charge in [-0.25, -0.2) is 4.98 Å². The molecule has 0 spiro atoms. The van der Waals surface area contributed by atoms with E-state index in [1.165, 1.54) is 4.57 Å². The van der Waals surface area contributed by atoms with E-state index in [1.54, 1.807) is 19.4 Å². The lowest BCUT2D eigenvalue weighted by atomic mass is 10.0. The molecule has 1 amide bonds. The van der Waals surface area contributed by atoms with Gasteiger partial charge < -0.3 is 19.5 Å². The third-order valence-corrected chi connectivity index (χ3v) is 4.77. The second kappa shape index (κ2) is 7.79. The van der Waals surface area contributed by atoms with Gasteiger partial charge in [0.05, 0.1) is 12.5 Å². The van der Waals surface area contributed by atoms with E-state index in [1.807, 2.05) is 4.90 Å². The van der Waals surface area contributed by atoms with Crippen molar-refractivity contribution in [1.82, 2.24) is 14.9 Å². The summed E-state index contributed by atoms with van der Waals surface area (Å²) >= 11 is 0. The van der Waals surface area contributed by atoms with Crippen molar-refractivity contribution in [2.24, 2.45) is 7.05 Å². The summed E-state index contributed by atoms with van der Waals surface area (Å²) in [6.07, 6.45) is 8.84. The second-order valence-corrected chi connectivity index (χ2v) is 6.71. The second-order valence-electron chi connectivity index (χ2n) is 6.71. The molecule has 3 heterocycles. The molecular formula is C17H26N4O3. The third-order valence-electron chi connectivity index (χ3n) is 4.77. The Balaban J connectivity index is 1.56. The largest absolute Gasteiger partial charge is 0.378 e. The molecule has 1 aromatic rings. The van der Waals surface area contributed by atoms with E-state index in [4.69, 9.17) is 4.74 Å². The molecule has 0 aromatic carbocycles. The average molecular weight is 334 g/mol. The number of piperidine rings is 1. The first-order valence-electron chi connectivity index (χ1n) is 8.81. The van der Waals surface area contributed by atoms with Crippen molar-refractivity contribution < 1.29 is 9.53 Å². The van der Waals surface area contributed by atoms with Crippen molar-refractivity contribution in [2.45, 2.75) is 50.7 Å². The SMILES string of the molecule is Cn1ccnc(N2CCC[C@@H](NC(=O)C[C@H]3CCCCO3)C2)c1=O. The quantitative estimate of drug-likeness (QED) is 0.882. The van der Waals surface area contributed by atoms with Gasteiger partial charge in [0.1, 0.15) is 0 Å². The Morgan fingerprint density at radius 1 is 1.38 bits per heavy atom. The molecule has 3 rings (SSSR count). The van der Waals surface area contributed by atoms with Crippen LogP contribution in [0.25, 0.3) is 0 Å². The van der Waals surface area contributed by atoms with Gasteiger partial charge in [-0.05, 0) is 32.1 Å². The fourth-order valence-electron chi connectivity index (χ4n) is 3.45. The summed E-state index contributed by atoms with van der Waals surface area (Å²) in [7, 11) is 1.72. The summed E-state index contributed by atoms with van der Waals surface area (Å²) < 4.78 is 7.16. The Bertz CT molecular complexity index is 625. The lowest BCUT2D eigenvalue weighted by Crippen LogP contribution is -2.50. The smallest absolute Gasteiger partial charge is 0.293 e. The van der Waals surface area contributed by atoms with Gasteiger partial charge in [0.15, 0.2) is 5.82 Å². The predicted octanol–water partition coefficient (Wildman–Crippen LogP) is 0.825. The van der Waals surface area contributed by atoms with Crippen LogP contribution in [0.1, 0.15) is 38.5 Å². The van der Waals surface area contributed by atoms with Crippen molar-refractivity contribution in [2.75, 3.05) is 24.6 Å². The van der Waals surface area contributed by atoms with Crippen LogP contribution in [0, 0.1) is 0 Å². The number of aromatic nitrogens is 2. The van der Waals surface area contributed by atoms with Crippen molar-refractivity contribution in [3.05, 3.63) is 22.7 Å². The molecule has 24 heavy (non-hydrogen) atoms. The Morgan fingerprint density at radius 3 is 3.04 bits per heavy atom. The van der Waals surface area contributed by atoms with E-state index < -0.39 is 0 Å². The molecule has 0 unspecified atom stereocenters. The molecule has 7 heteroatoms. The molecule has 132 valence electrons. The highest BCUT2D eigenvalue weighted by molar-refractivity contribution is 5.76. The van der Waals surface area contributed by atoms with Gasteiger partial charge in [0.2, 0.25) is 5.91 Å². The van der Waals surface area contributed by atoms with Crippen LogP contribution < -0.4 is 15.8 Å². The molecule has 1 N–H and O–H groups in total. The fraction of sp³-hybridized carbons (Fsp3) is 0.706. The number of nitrogens with zero attached hydrogens (tertiary/aromatic N) is 3. The Hall–Kier alpha value is -1.89. The minimum atomic E-state index is -0.0971. The summed E-state index contributed by atoms with van der Waals surface area (Å²) in [4.78, 5) is 30.7. The van der Waals surface area contributed by atoms with Gasteiger partial charge in [-0.1, -0.05) is 0 Å². The van der Waals surface area contributed by atoms with Crippen LogP contribution in [0.5, 0.6) is 0 Å². The zero-order valence-corrected chi connectivity index (χ0v) is 14.2. The number of ether oxygens (including phenoxy) is 1. The standard InChI is InChI=1S/C17H26N4O3/c1-20-9-7-18-16(17(20)23)21-8-4-5-13(12-21)19-15(22)11-14-6-2-3-10-24-14/h7,9,13-14H,2-6,8,10-12H2,1H3,(H,19,22)/t13-,14-/m1/s1. The molecular weight excluding hydrogens is 308 g/mol. The molecule has 2 atom stereocenters. The van der Waals surface area contributed by atoms with Crippen molar-refractivity contribution in [3.8, 4) is 0 Å². The highest BCUT2D eigenvalue weighted by Gasteiger charge is 2.25. The van der Waals surface area contributed by atoms with Crippen molar-refractivity contribution in [1.29, 1.82) is 0 Å². The fourth-order valence-corrected chi connectivity index (χ4v) is 3.45. The van der Waals surface area contributed by atoms with Crippen molar-refractivity contribution in [3.63, 3.8) is 0 Å².